The van der Waals surface area contributed by atoms with Gasteiger partial charge in [-0.05, 0) is 37.2 Å². The van der Waals surface area contributed by atoms with Crippen molar-refractivity contribution < 1.29 is 39.0 Å². The predicted molar refractivity (Wildman–Crippen MR) is 116 cm³/mol. The summed E-state index contributed by atoms with van der Waals surface area (Å²) in [5.41, 5.74) is 2.76. The lowest BCUT2D eigenvalue weighted by Crippen LogP contribution is -2.76. The number of likely N-dealkylation sites (N-methyl/N-ethyl adjacent to an activating group) is 1. The molecule has 0 saturated heterocycles. The van der Waals surface area contributed by atoms with E-state index in [1.807, 2.05) is 0 Å². The Hall–Kier alpha value is -3.50. The minimum Gasteiger partial charge on any atom is -0.507 e. The molecule has 7 atom stereocenters. The first-order valence-electron chi connectivity index (χ1n) is 10.7. The van der Waals surface area contributed by atoms with Crippen molar-refractivity contribution in [1.82, 2.24) is 4.90 Å². The van der Waals surface area contributed by atoms with Crippen LogP contribution in [0.4, 0.5) is 0 Å². The minimum atomic E-state index is -2.92. The van der Waals surface area contributed by atoms with Crippen molar-refractivity contribution in [3.63, 3.8) is 0 Å². The number of allylic oxidation sites excluding steroid dienone is 1. The van der Waals surface area contributed by atoms with Gasteiger partial charge in [0.15, 0.2) is 34.7 Å². The number of amides is 1. The lowest BCUT2D eigenvalue weighted by molar-refractivity contribution is -0.186. The summed E-state index contributed by atoms with van der Waals surface area (Å²) in [6.45, 7) is 4.02. The summed E-state index contributed by atoms with van der Waals surface area (Å²) in [6, 6.07) is 2.98. The van der Waals surface area contributed by atoms with E-state index in [-0.39, 0.29) is 23.1 Å². The highest BCUT2D eigenvalue weighted by molar-refractivity contribution is 6.33. The fraction of sp³-hybridized carbons (Fsp3) is 0.417. The van der Waals surface area contributed by atoms with Gasteiger partial charge in [-0.1, -0.05) is 18.7 Å². The molecule has 178 valence electrons. The lowest BCUT2D eigenvalue weighted by Gasteiger charge is -2.56. The smallest absolute Gasteiger partial charge is 0.235 e. The summed E-state index contributed by atoms with van der Waals surface area (Å²) in [4.78, 5) is 79.0. The topological polar surface area (TPSA) is 172 Å². The number of Topliss-reactive ketones (excluding diaryl/α,β-unsaturated/α-hetero) is 4. The van der Waals surface area contributed by atoms with E-state index in [4.69, 9.17) is 5.73 Å². The quantitative estimate of drug-likeness (QED) is 0.376. The fourth-order valence-electron chi connectivity index (χ4n) is 6.18. The van der Waals surface area contributed by atoms with Gasteiger partial charge in [0.1, 0.15) is 12.0 Å². The second-order valence-corrected chi connectivity index (χ2v) is 9.33. The average Bonchev–Trinajstić information content (AvgIpc) is 2.75. The highest BCUT2D eigenvalue weighted by Gasteiger charge is 2.72. The third-order valence-electron chi connectivity index (χ3n) is 7.51. The molecule has 0 radical (unpaired) electrons. The van der Waals surface area contributed by atoms with Gasteiger partial charge in [0, 0.05) is 18.3 Å². The Balaban J connectivity index is 2.02. The van der Waals surface area contributed by atoms with Gasteiger partial charge in [0.05, 0.1) is 17.5 Å². The van der Waals surface area contributed by atoms with Crippen molar-refractivity contribution in [2.75, 3.05) is 14.1 Å². The van der Waals surface area contributed by atoms with Crippen molar-refractivity contribution in [1.29, 1.82) is 0 Å². The first kappa shape index (κ1) is 23.7. The van der Waals surface area contributed by atoms with Crippen LogP contribution in [0.2, 0.25) is 0 Å². The van der Waals surface area contributed by atoms with Gasteiger partial charge in [0.2, 0.25) is 5.91 Å². The number of nitrogens with two attached hydrogens (primary N) is 1. The maximum atomic E-state index is 13.8. The lowest BCUT2D eigenvalue weighted by atomic mass is 9.47. The molecular weight excluding hydrogens is 444 g/mol. The highest BCUT2D eigenvalue weighted by Crippen LogP contribution is 2.57. The minimum absolute atomic E-state index is 0.177. The summed E-state index contributed by atoms with van der Waals surface area (Å²) < 4.78 is 0. The molecule has 10 nitrogen and oxygen atoms in total. The van der Waals surface area contributed by atoms with Crippen molar-refractivity contribution in [3.05, 3.63) is 35.9 Å². The van der Waals surface area contributed by atoms with Crippen LogP contribution in [0.15, 0.2) is 24.8 Å². The molecule has 2 saturated carbocycles. The maximum absolute atomic E-state index is 13.8. The summed E-state index contributed by atoms with van der Waals surface area (Å²) in [6.07, 6.45) is 0.226. The van der Waals surface area contributed by atoms with Crippen LogP contribution in [0, 0.1) is 29.6 Å². The van der Waals surface area contributed by atoms with Crippen LogP contribution in [0.25, 0.3) is 5.57 Å². The number of aromatic hydroxyl groups is 1. The van der Waals surface area contributed by atoms with E-state index in [9.17, 15) is 39.0 Å². The molecule has 4 N–H and O–H groups in total. The van der Waals surface area contributed by atoms with Crippen LogP contribution < -0.4 is 5.73 Å². The standard InChI is InChI=1S/C24H24N2O8/c1-9-10-5-4-6-12(28)14(10)19(29)15-13(9)11(7-8-27)17-18(26(2)3)20(30)16(23(25)33)22(32)24(17,34)21(15)31/h4-6,8,11,13,15-18,28,34H,1,7H2,2-3H3,(H2,25,33)/t11-,13-,15?,16?,17-,18-,24-/m0/s1. The zero-order valence-electron chi connectivity index (χ0n) is 18.6. The number of aldehydes is 1. The molecule has 0 heterocycles. The van der Waals surface area contributed by atoms with E-state index in [2.05, 4.69) is 6.58 Å². The largest absolute Gasteiger partial charge is 0.507 e. The molecule has 3 aliphatic carbocycles. The van der Waals surface area contributed by atoms with E-state index in [1.165, 1.54) is 31.1 Å². The van der Waals surface area contributed by atoms with E-state index in [0.717, 1.165) is 0 Å². The van der Waals surface area contributed by atoms with E-state index >= 15 is 0 Å². The third-order valence-corrected chi connectivity index (χ3v) is 7.51. The van der Waals surface area contributed by atoms with Crippen LogP contribution in [-0.4, -0.2) is 76.2 Å². The molecule has 0 spiro atoms. The molecule has 4 rings (SSSR count). The molecule has 3 aliphatic rings. The third kappa shape index (κ3) is 2.82. The number of primary amides is 1. The Kier molecular flexibility index (Phi) is 5.41. The number of benzene rings is 1. The van der Waals surface area contributed by atoms with Crippen LogP contribution in [0.3, 0.4) is 0 Å². The predicted octanol–water partition coefficient (Wildman–Crippen LogP) is -0.847. The average molecular weight is 468 g/mol. The van der Waals surface area contributed by atoms with Gasteiger partial charge in [-0.25, -0.2) is 0 Å². The fourth-order valence-corrected chi connectivity index (χ4v) is 6.18. The van der Waals surface area contributed by atoms with Crippen molar-refractivity contribution in [2.45, 2.75) is 18.1 Å². The van der Waals surface area contributed by atoms with E-state index < -0.39 is 76.0 Å². The monoisotopic (exact) mass is 468 g/mol. The van der Waals surface area contributed by atoms with E-state index in [1.54, 1.807) is 6.07 Å². The molecule has 2 unspecified atom stereocenters. The molecule has 1 aromatic carbocycles. The number of phenols is 1. The van der Waals surface area contributed by atoms with Crippen LogP contribution in [0.5, 0.6) is 5.75 Å². The molecule has 2 fully saturated rings. The zero-order chi connectivity index (χ0) is 25.3. The second kappa shape index (κ2) is 7.78. The van der Waals surface area contributed by atoms with Gasteiger partial charge >= 0.3 is 0 Å². The summed E-state index contributed by atoms with van der Waals surface area (Å²) in [5.74, 6) is -13.2. The first-order chi connectivity index (χ1) is 15.9. The molecule has 34 heavy (non-hydrogen) atoms. The van der Waals surface area contributed by atoms with Gasteiger partial charge in [0.25, 0.3) is 0 Å². The van der Waals surface area contributed by atoms with Crippen LogP contribution in [-0.2, 0) is 24.0 Å². The number of aliphatic hydroxyl groups is 1. The summed E-state index contributed by atoms with van der Waals surface area (Å²) in [7, 11) is 2.94. The molecule has 0 aliphatic heterocycles. The number of carbonyl (C=O) groups excluding carboxylic acids is 6. The number of carbonyl (C=O) groups is 6. The Morgan fingerprint density at radius 1 is 1.21 bits per heavy atom. The Bertz CT molecular complexity index is 1190. The van der Waals surface area contributed by atoms with Crippen LogP contribution >= 0.6 is 0 Å². The van der Waals surface area contributed by atoms with Gasteiger partial charge in [-0.2, -0.15) is 0 Å². The molecule has 0 aromatic heterocycles. The Morgan fingerprint density at radius 2 is 1.85 bits per heavy atom. The van der Waals surface area contributed by atoms with Gasteiger partial charge < -0.3 is 20.7 Å². The first-order valence-corrected chi connectivity index (χ1v) is 10.7. The Labute approximate surface area is 194 Å². The van der Waals surface area contributed by atoms with Gasteiger partial charge in [-0.3, -0.25) is 28.9 Å². The SMILES string of the molecule is C=C1c2cccc(O)c2C(=O)C2C(=O)[C@]3(O)C(=O)C(C(N)=O)C(=O)[C@@H](N(C)C)[C@@H]3[C@@H](CC=O)[C@H]12. The van der Waals surface area contributed by atoms with Gasteiger partial charge in [-0.15, -0.1) is 0 Å². The second-order valence-electron chi connectivity index (χ2n) is 9.33. The summed E-state index contributed by atoms with van der Waals surface area (Å²) in [5, 5.41) is 22.0. The molecular formula is C24H24N2O8. The number of ketones is 4. The normalized spacial score (nSPS) is 35.0. The highest BCUT2D eigenvalue weighted by atomic mass is 16.3. The van der Waals surface area contributed by atoms with Crippen molar-refractivity contribution in [2.24, 2.45) is 35.3 Å². The Morgan fingerprint density at radius 3 is 2.41 bits per heavy atom. The number of hydrogen-bond donors (Lipinski definition) is 3. The van der Waals surface area contributed by atoms with Crippen molar-refractivity contribution in [3.8, 4) is 5.75 Å². The number of phenolic OH excluding ortho intramolecular Hbond substituents is 1. The summed E-state index contributed by atoms with van der Waals surface area (Å²) >= 11 is 0. The molecule has 1 amide bonds. The van der Waals surface area contributed by atoms with E-state index in [0.29, 0.717) is 6.29 Å². The van der Waals surface area contributed by atoms with Crippen LogP contribution in [0.1, 0.15) is 22.3 Å². The maximum Gasteiger partial charge on any atom is 0.235 e. The molecule has 0 bridgehead atoms. The number of hydrogen-bond acceptors (Lipinski definition) is 9. The number of rotatable bonds is 4. The number of nitrogens with zero attached hydrogens (tertiary/aromatic N) is 1. The van der Waals surface area contributed by atoms with Crippen molar-refractivity contribution >= 4 is 40.9 Å². The number of fused-ring (bicyclic) bond motifs is 3. The molecule has 10 heteroatoms. The zero-order valence-corrected chi connectivity index (χ0v) is 18.6. The molecule has 1 aromatic rings.